The molecule has 2 atom stereocenters. The molecule has 0 unspecified atom stereocenters. The minimum absolute atomic E-state index is 0.00869. The number of aliphatic hydroxyl groups is 2. The highest BCUT2D eigenvalue weighted by Crippen LogP contribution is 2.34. The number of hydrogen-bond donors (Lipinski definition) is 4. The Morgan fingerprint density at radius 3 is 2.65 bits per heavy atom. The van der Waals surface area contributed by atoms with E-state index >= 15 is 0 Å². The Hall–Kier alpha value is -2.64. The van der Waals surface area contributed by atoms with E-state index in [2.05, 4.69) is 31.4 Å². The number of carbonyl (C=O) groups is 2. The first-order valence-electron chi connectivity index (χ1n) is 10.6. The van der Waals surface area contributed by atoms with Crippen molar-refractivity contribution >= 4 is 17.4 Å². The lowest BCUT2D eigenvalue weighted by atomic mass is 9.86. The molecule has 0 bridgehead atoms. The van der Waals surface area contributed by atoms with Crippen LogP contribution >= 0.6 is 0 Å². The summed E-state index contributed by atoms with van der Waals surface area (Å²) in [7, 11) is 1.58. The number of fused-ring (bicyclic) bond motifs is 1. The summed E-state index contributed by atoms with van der Waals surface area (Å²) in [6.45, 7) is 6.41. The van der Waals surface area contributed by atoms with E-state index in [-0.39, 0.29) is 42.7 Å². The molecule has 0 saturated heterocycles. The van der Waals surface area contributed by atoms with Gasteiger partial charge in [0.25, 0.3) is 5.91 Å². The number of carbonyl (C=O) groups excluding carboxylic acids is 2. The highest BCUT2D eigenvalue weighted by Gasteiger charge is 2.40. The Balaban J connectivity index is 1.74. The van der Waals surface area contributed by atoms with Crippen molar-refractivity contribution in [3.8, 4) is 0 Å². The standard InChI is InChI=1S/C24H32N2O5/c1-14(2)15(3)9-10-24(30,13-31-4)21-12-17-11-16(5-6-18(17)25-21)23(29)26-22-19(27)7-8-20(22)28/h5-6,11,21,25,27,30H,7-10,12-13H2,1-4H3,(H,26,29)/t21-,24-/m1/s1. The number of methoxy groups -OCH3 is 1. The van der Waals surface area contributed by atoms with Crippen molar-refractivity contribution in [3.05, 3.63) is 51.9 Å². The summed E-state index contributed by atoms with van der Waals surface area (Å²) >= 11 is 0. The third-order valence-corrected chi connectivity index (χ3v) is 6.35. The van der Waals surface area contributed by atoms with Crippen LogP contribution in [-0.4, -0.2) is 47.3 Å². The van der Waals surface area contributed by atoms with Crippen LogP contribution in [0.25, 0.3) is 0 Å². The van der Waals surface area contributed by atoms with E-state index in [9.17, 15) is 19.8 Å². The van der Waals surface area contributed by atoms with Gasteiger partial charge in [-0.15, -0.1) is 0 Å². The predicted octanol–water partition coefficient (Wildman–Crippen LogP) is 3.40. The average molecular weight is 429 g/mol. The van der Waals surface area contributed by atoms with Crippen molar-refractivity contribution in [2.75, 3.05) is 19.0 Å². The van der Waals surface area contributed by atoms with Crippen molar-refractivity contribution in [1.29, 1.82) is 0 Å². The van der Waals surface area contributed by atoms with Gasteiger partial charge in [0.15, 0.2) is 5.78 Å². The molecule has 0 spiro atoms. The Morgan fingerprint density at radius 2 is 2.03 bits per heavy atom. The summed E-state index contributed by atoms with van der Waals surface area (Å²) in [6, 6.07) is 5.00. The van der Waals surface area contributed by atoms with Gasteiger partial charge >= 0.3 is 0 Å². The van der Waals surface area contributed by atoms with Crippen LogP contribution in [0.4, 0.5) is 5.69 Å². The van der Waals surface area contributed by atoms with Crippen LogP contribution in [0.15, 0.2) is 40.8 Å². The smallest absolute Gasteiger partial charge is 0.255 e. The Kier molecular flexibility index (Phi) is 6.86. The number of hydrogen-bond acceptors (Lipinski definition) is 6. The van der Waals surface area contributed by atoms with Crippen molar-refractivity contribution in [1.82, 2.24) is 5.32 Å². The average Bonchev–Trinajstić information content (AvgIpc) is 3.30. The fourth-order valence-corrected chi connectivity index (χ4v) is 4.05. The molecule has 2 aliphatic rings. The second-order valence-corrected chi connectivity index (χ2v) is 8.79. The second-order valence-electron chi connectivity index (χ2n) is 8.79. The number of amides is 1. The van der Waals surface area contributed by atoms with Crippen LogP contribution in [0.5, 0.6) is 0 Å². The van der Waals surface area contributed by atoms with E-state index in [1.807, 2.05) is 6.07 Å². The Bertz CT molecular complexity index is 945. The summed E-state index contributed by atoms with van der Waals surface area (Å²) in [5.41, 5.74) is 3.63. The minimum atomic E-state index is -1.06. The number of Topliss-reactive ketones (excluding diaryl/α,β-unsaturated/α-hetero) is 1. The van der Waals surface area contributed by atoms with Gasteiger partial charge in [0.2, 0.25) is 0 Å². The fourth-order valence-electron chi connectivity index (χ4n) is 4.05. The highest BCUT2D eigenvalue weighted by atomic mass is 16.5. The van der Waals surface area contributed by atoms with E-state index in [0.29, 0.717) is 18.4 Å². The number of aliphatic hydroxyl groups excluding tert-OH is 1. The predicted molar refractivity (Wildman–Crippen MR) is 119 cm³/mol. The van der Waals surface area contributed by atoms with Gasteiger partial charge in [0, 0.05) is 31.2 Å². The first kappa shape index (κ1) is 23.0. The molecular formula is C24H32N2O5. The monoisotopic (exact) mass is 428 g/mol. The maximum absolute atomic E-state index is 12.6. The molecule has 1 amide bonds. The summed E-state index contributed by atoms with van der Waals surface area (Å²) in [5, 5.41) is 27.1. The molecular weight excluding hydrogens is 396 g/mol. The van der Waals surface area contributed by atoms with Gasteiger partial charge in [-0.3, -0.25) is 9.59 Å². The quantitative estimate of drug-likeness (QED) is 0.473. The van der Waals surface area contributed by atoms with Crippen molar-refractivity contribution in [2.45, 2.75) is 64.5 Å². The number of ketones is 1. The number of nitrogens with one attached hydrogen (secondary N) is 2. The maximum atomic E-state index is 12.6. The number of rotatable bonds is 8. The fraction of sp³-hybridized carbons (Fsp3) is 0.500. The van der Waals surface area contributed by atoms with Crippen LogP contribution in [0.3, 0.4) is 0 Å². The zero-order valence-corrected chi connectivity index (χ0v) is 18.7. The van der Waals surface area contributed by atoms with Gasteiger partial charge in [-0.25, -0.2) is 0 Å². The summed E-state index contributed by atoms with van der Waals surface area (Å²) in [4.78, 5) is 24.4. The van der Waals surface area contributed by atoms with Crippen molar-refractivity contribution in [3.63, 3.8) is 0 Å². The third-order valence-electron chi connectivity index (χ3n) is 6.35. The minimum Gasteiger partial charge on any atom is -0.510 e. The summed E-state index contributed by atoms with van der Waals surface area (Å²) in [5.74, 6) is -0.767. The lowest BCUT2D eigenvalue weighted by Gasteiger charge is -2.34. The molecule has 31 heavy (non-hydrogen) atoms. The summed E-state index contributed by atoms with van der Waals surface area (Å²) in [6.07, 6.45) is 2.36. The molecule has 7 heteroatoms. The van der Waals surface area contributed by atoms with E-state index in [4.69, 9.17) is 4.74 Å². The van der Waals surface area contributed by atoms with Crippen LogP contribution in [0.2, 0.25) is 0 Å². The van der Waals surface area contributed by atoms with E-state index in [1.165, 1.54) is 11.1 Å². The molecule has 3 rings (SSSR count). The summed E-state index contributed by atoms with van der Waals surface area (Å²) < 4.78 is 5.34. The molecule has 7 nitrogen and oxygen atoms in total. The molecule has 1 heterocycles. The first-order valence-corrected chi connectivity index (χ1v) is 10.6. The van der Waals surface area contributed by atoms with E-state index in [1.54, 1.807) is 19.2 Å². The van der Waals surface area contributed by atoms with Gasteiger partial charge in [0.1, 0.15) is 17.1 Å². The van der Waals surface area contributed by atoms with E-state index in [0.717, 1.165) is 17.7 Å². The van der Waals surface area contributed by atoms with E-state index < -0.39 is 11.5 Å². The Morgan fingerprint density at radius 1 is 1.29 bits per heavy atom. The number of benzene rings is 1. The molecule has 1 aliphatic heterocycles. The van der Waals surface area contributed by atoms with Gasteiger partial charge in [-0.1, -0.05) is 11.1 Å². The van der Waals surface area contributed by atoms with Crippen LogP contribution in [0.1, 0.15) is 62.4 Å². The molecule has 168 valence electrons. The van der Waals surface area contributed by atoms with Gasteiger partial charge in [0.05, 0.1) is 12.6 Å². The van der Waals surface area contributed by atoms with Crippen molar-refractivity contribution < 1.29 is 24.5 Å². The topological polar surface area (TPSA) is 108 Å². The molecule has 1 aliphatic carbocycles. The van der Waals surface area contributed by atoms with Gasteiger partial charge < -0.3 is 25.6 Å². The van der Waals surface area contributed by atoms with Gasteiger partial charge in [-0.05, 0) is 63.8 Å². The normalized spacial score (nSPS) is 19.6. The molecule has 0 fully saturated rings. The molecule has 1 aromatic carbocycles. The Labute approximate surface area is 183 Å². The van der Waals surface area contributed by atoms with Crippen LogP contribution < -0.4 is 10.6 Å². The lowest BCUT2D eigenvalue weighted by molar-refractivity contribution is -0.115. The second kappa shape index (κ2) is 9.24. The number of anilines is 1. The number of ether oxygens (including phenoxy) is 1. The largest absolute Gasteiger partial charge is 0.510 e. The van der Waals surface area contributed by atoms with Crippen LogP contribution in [0, 0.1) is 0 Å². The third kappa shape index (κ3) is 4.99. The SMILES string of the molecule is COC[C@](O)(CCC(C)=C(C)C)[C@H]1Cc2cc(C(=O)NC3=C(O)CCC3=O)ccc2N1. The molecule has 0 aromatic heterocycles. The van der Waals surface area contributed by atoms with Gasteiger partial charge in [-0.2, -0.15) is 0 Å². The molecule has 0 radical (unpaired) electrons. The zero-order chi connectivity index (χ0) is 22.8. The van der Waals surface area contributed by atoms with Crippen LogP contribution in [-0.2, 0) is 16.0 Å². The molecule has 1 aromatic rings. The lowest BCUT2D eigenvalue weighted by Crippen LogP contribution is -2.49. The number of allylic oxidation sites excluding steroid dienone is 4. The first-order chi connectivity index (χ1) is 14.6. The zero-order valence-electron chi connectivity index (χ0n) is 18.7. The molecule has 0 saturated carbocycles. The van der Waals surface area contributed by atoms with Crippen molar-refractivity contribution in [2.24, 2.45) is 0 Å². The molecule has 4 N–H and O–H groups in total. The highest BCUT2D eigenvalue weighted by molar-refractivity contribution is 6.05. The maximum Gasteiger partial charge on any atom is 0.255 e.